The summed E-state index contributed by atoms with van der Waals surface area (Å²) in [6.07, 6.45) is -0.613. The molecule has 0 aromatic heterocycles. The third-order valence-corrected chi connectivity index (χ3v) is 3.21. The number of hydrogen-bond donors (Lipinski definition) is 3. The van der Waals surface area contributed by atoms with Crippen molar-refractivity contribution in [3.8, 4) is 5.75 Å². The van der Waals surface area contributed by atoms with Crippen molar-refractivity contribution in [2.75, 3.05) is 10.6 Å². The maximum absolute atomic E-state index is 12.3. The van der Waals surface area contributed by atoms with Gasteiger partial charge in [-0.3, -0.25) is 10.1 Å². The number of aromatic hydroxyl groups is 1. The molecule has 2 aromatic carbocycles. The van der Waals surface area contributed by atoms with Crippen LogP contribution in [0.25, 0.3) is 0 Å². The summed E-state index contributed by atoms with van der Waals surface area (Å²) in [4.78, 5) is 24.1. The van der Waals surface area contributed by atoms with Gasteiger partial charge in [0.25, 0.3) is 5.91 Å². The molecule has 0 aliphatic heterocycles. The number of carbonyl (C=O) groups excluding carboxylic acids is 2. The standard InChI is InChI=1S/C18H19ClN2O4/c1-18(2,3)25-17(24)20-13-6-4-5-11(9-13)16(23)21-14-10-12(19)7-8-15(14)22/h4-10,22H,1-3H3,(H,20,24)(H,21,23). The van der Waals surface area contributed by atoms with Crippen LogP contribution >= 0.6 is 11.6 Å². The minimum absolute atomic E-state index is 0.0965. The fourth-order valence-corrected chi connectivity index (χ4v) is 2.13. The Morgan fingerprint density at radius 3 is 2.48 bits per heavy atom. The van der Waals surface area contributed by atoms with E-state index in [-0.39, 0.29) is 11.4 Å². The third kappa shape index (κ3) is 5.69. The Morgan fingerprint density at radius 2 is 1.80 bits per heavy atom. The van der Waals surface area contributed by atoms with Crippen molar-refractivity contribution in [1.29, 1.82) is 0 Å². The number of amides is 2. The highest BCUT2D eigenvalue weighted by molar-refractivity contribution is 6.31. The van der Waals surface area contributed by atoms with Gasteiger partial charge in [-0.05, 0) is 57.2 Å². The molecule has 2 aromatic rings. The van der Waals surface area contributed by atoms with Crippen LogP contribution in [0.15, 0.2) is 42.5 Å². The lowest BCUT2D eigenvalue weighted by Gasteiger charge is -2.19. The first-order chi connectivity index (χ1) is 11.6. The number of anilines is 2. The first-order valence-electron chi connectivity index (χ1n) is 7.54. The Balaban J connectivity index is 2.11. The zero-order valence-electron chi connectivity index (χ0n) is 14.1. The van der Waals surface area contributed by atoms with Gasteiger partial charge in [0.1, 0.15) is 11.4 Å². The van der Waals surface area contributed by atoms with Gasteiger partial charge < -0.3 is 15.2 Å². The van der Waals surface area contributed by atoms with E-state index < -0.39 is 17.6 Å². The molecule has 3 N–H and O–H groups in total. The van der Waals surface area contributed by atoms with Gasteiger partial charge in [-0.15, -0.1) is 0 Å². The first kappa shape index (κ1) is 18.6. The van der Waals surface area contributed by atoms with Crippen molar-refractivity contribution in [3.63, 3.8) is 0 Å². The fraction of sp³-hybridized carbons (Fsp3) is 0.222. The zero-order chi connectivity index (χ0) is 18.6. The van der Waals surface area contributed by atoms with Gasteiger partial charge in [-0.25, -0.2) is 4.79 Å². The Labute approximate surface area is 150 Å². The molecule has 0 aliphatic carbocycles. The largest absolute Gasteiger partial charge is 0.506 e. The van der Waals surface area contributed by atoms with Crippen LogP contribution in [0.4, 0.5) is 16.2 Å². The first-order valence-corrected chi connectivity index (χ1v) is 7.92. The summed E-state index contributed by atoms with van der Waals surface area (Å²) in [5.41, 5.74) is 0.288. The average molecular weight is 363 g/mol. The predicted molar refractivity (Wildman–Crippen MR) is 97.4 cm³/mol. The average Bonchev–Trinajstić information content (AvgIpc) is 2.49. The second-order valence-corrected chi connectivity index (χ2v) is 6.76. The number of benzene rings is 2. The van der Waals surface area contributed by atoms with E-state index in [4.69, 9.17) is 16.3 Å². The van der Waals surface area contributed by atoms with Gasteiger partial charge >= 0.3 is 6.09 Å². The summed E-state index contributed by atoms with van der Waals surface area (Å²) in [5.74, 6) is -0.550. The molecule has 0 fully saturated rings. The van der Waals surface area contributed by atoms with Crippen LogP contribution in [0.1, 0.15) is 31.1 Å². The fourth-order valence-electron chi connectivity index (χ4n) is 1.96. The SMILES string of the molecule is CC(C)(C)OC(=O)Nc1cccc(C(=O)Nc2cc(Cl)ccc2O)c1. The molecule has 0 heterocycles. The van der Waals surface area contributed by atoms with E-state index >= 15 is 0 Å². The summed E-state index contributed by atoms with van der Waals surface area (Å²) in [6.45, 7) is 5.27. The van der Waals surface area contributed by atoms with Crippen molar-refractivity contribution < 1.29 is 19.4 Å². The van der Waals surface area contributed by atoms with E-state index in [9.17, 15) is 14.7 Å². The van der Waals surface area contributed by atoms with Crippen LogP contribution in [0.2, 0.25) is 5.02 Å². The van der Waals surface area contributed by atoms with E-state index in [2.05, 4.69) is 10.6 Å². The van der Waals surface area contributed by atoms with E-state index in [1.807, 2.05) is 0 Å². The number of halogens is 1. The highest BCUT2D eigenvalue weighted by Gasteiger charge is 2.17. The second kappa shape index (κ2) is 7.44. The molecule has 132 valence electrons. The van der Waals surface area contributed by atoms with Gasteiger partial charge in [0, 0.05) is 16.3 Å². The summed E-state index contributed by atoms with van der Waals surface area (Å²) in [5, 5.41) is 15.3. The van der Waals surface area contributed by atoms with Gasteiger partial charge in [-0.2, -0.15) is 0 Å². The number of nitrogens with one attached hydrogen (secondary N) is 2. The van der Waals surface area contributed by atoms with Crippen LogP contribution in [-0.2, 0) is 4.74 Å². The summed E-state index contributed by atoms with van der Waals surface area (Å²) in [7, 11) is 0. The van der Waals surface area contributed by atoms with Crippen molar-refractivity contribution in [2.24, 2.45) is 0 Å². The molecule has 0 atom stereocenters. The minimum Gasteiger partial charge on any atom is -0.506 e. The van der Waals surface area contributed by atoms with Gasteiger partial charge in [0.05, 0.1) is 5.69 Å². The molecule has 25 heavy (non-hydrogen) atoms. The molecule has 2 rings (SSSR count). The molecule has 0 radical (unpaired) electrons. The molecule has 0 aliphatic rings. The predicted octanol–water partition coefficient (Wildman–Crippen LogP) is 4.64. The third-order valence-electron chi connectivity index (χ3n) is 2.98. The smallest absolute Gasteiger partial charge is 0.412 e. The quantitative estimate of drug-likeness (QED) is 0.694. The van der Waals surface area contributed by atoms with Crippen molar-refractivity contribution >= 4 is 35.0 Å². The molecule has 0 bridgehead atoms. The topological polar surface area (TPSA) is 87.7 Å². The highest BCUT2D eigenvalue weighted by Crippen LogP contribution is 2.27. The summed E-state index contributed by atoms with van der Waals surface area (Å²) in [6, 6.07) is 10.7. The zero-order valence-corrected chi connectivity index (χ0v) is 14.8. The number of carbonyl (C=O) groups is 2. The molecule has 6 nitrogen and oxygen atoms in total. The van der Waals surface area contributed by atoms with Gasteiger partial charge in [0.15, 0.2) is 0 Å². The number of ether oxygens (including phenoxy) is 1. The molecule has 0 unspecified atom stereocenters. The molecule has 0 saturated carbocycles. The Bertz CT molecular complexity index is 800. The maximum atomic E-state index is 12.3. The molecule has 2 amide bonds. The molecular weight excluding hydrogens is 344 g/mol. The lowest BCUT2D eigenvalue weighted by molar-refractivity contribution is 0.0635. The molecule has 0 saturated heterocycles. The van der Waals surface area contributed by atoms with E-state index in [1.54, 1.807) is 39.0 Å². The van der Waals surface area contributed by atoms with Crippen molar-refractivity contribution in [1.82, 2.24) is 0 Å². The van der Waals surface area contributed by atoms with Crippen molar-refractivity contribution in [3.05, 3.63) is 53.1 Å². The van der Waals surface area contributed by atoms with Crippen LogP contribution in [-0.4, -0.2) is 22.7 Å². The molecule has 0 spiro atoms. The van der Waals surface area contributed by atoms with Crippen LogP contribution < -0.4 is 10.6 Å². The van der Waals surface area contributed by atoms with E-state index in [0.29, 0.717) is 16.3 Å². The number of hydrogen-bond acceptors (Lipinski definition) is 4. The van der Waals surface area contributed by atoms with Crippen LogP contribution in [0.5, 0.6) is 5.75 Å². The lowest BCUT2D eigenvalue weighted by Crippen LogP contribution is -2.27. The lowest BCUT2D eigenvalue weighted by atomic mass is 10.1. The second-order valence-electron chi connectivity index (χ2n) is 6.32. The van der Waals surface area contributed by atoms with Crippen LogP contribution in [0.3, 0.4) is 0 Å². The van der Waals surface area contributed by atoms with Crippen LogP contribution in [0, 0.1) is 0 Å². The van der Waals surface area contributed by atoms with Gasteiger partial charge in [0.2, 0.25) is 0 Å². The van der Waals surface area contributed by atoms with E-state index in [0.717, 1.165) is 0 Å². The van der Waals surface area contributed by atoms with E-state index in [1.165, 1.54) is 24.3 Å². The normalized spacial score (nSPS) is 10.9. The monoisotopic (exact) mass is 362 g/mol. The van der Waals surface area contributed by atoms with Crippen molar-refractivity contribution in [2.45, 2.75) is 26.4 Å². The number of rotatable bonds is 3. The molecule has 7 heteroatoms. The Hall–Kier alpha value is -2.73. The Morgan fingerprint density at radius 1 is 1.08 bits per heavy atom. The number of phenolic OH excluding ortho intramolecular Hbond substituents is 1. The summed E-state index contributed by atoms with van der Waals surface area (Å²) >= 11 is 5.86. The maximum Gasteiger partial charge on any atom is 0.412 e. The Kier molecular flexibility index (Phi) is 5.54. The van der Waals surface area contributed by atoms with Gasteiger partial charge in [-0.1, -0.05) is 17.7 Å². The minimum atomic E-state index is -0.622. The highest BCUT2D eigenvalue weighted by atomic mass is 35.5. The summed E-state index contributed by atoms with van der Waals surface area (Å²) < 4.78 is 5.17. The molecular formula is C18H19ClN2O4. The number of phenols is 1.